The van der Waals surface area contributed by atoms with Crippen LogP contribution in [-0.2, 0) is 12.7 Å². The highest BCUT2D eigenvalue weighted by molar-refractivity contribution is 5.95. The van der Waals surface area contributed by atoms with Crippen molar-refractivity contribution in [2.45, 2.75) is 25.6 Å². The topological polar surface area (TPSA) is 41.3 Å². The third kappa shape index (κ3) is 4.90. The maximum absolute atomic E-state index is 14.5. The largest absolute Gasteiger partial charge is 0.418 e. The number of piperidine rings is 1. The second-order valence-corrected chi connectivity index (χ2v) is 9.22. The number of benzene rings is 3. The van der Waals surface area contributed by atoms with Crippen LogP contribution in [0.15, 0.2) is 54.6 Å². The summed E-state index contributed by atoms with van der Waals surface area (Å²) in [6, 6.07) is 11.9. The van der Waals surface area contributed by atoms with E-state index in [4.69, 9.17) is 0 Å². The molecule has 1 aliphatic rings. The van der Waals surface area contributed by atoms with Gasteiger partial charge in [0, 0.05) is 54.0 Å². The number of alkyl halides is 3. The smallest absolute Gasteiger partial charge is 0.396 e. The van der Waals surface area contributed by atoms with E-state index in [-0.39, 0.29) is 29.1 Å². The van der Waals surface area contributed by atoms with Gasteiger partial charge in [0.15, 0.2) is 0 Å². The lowest BCUT2D eigenvalue weighted by atomic mass is 9.97. The van der Waals surface area contributed by atoms with E-state index < -0.39 is 41.3 Å². The number of hydrogen-bond acceptors (Lipinski definition) is 3. The zero-order valence-corrected chi connectivity index (χ0v) is 19.6. The van der Waals surface area contributed by atoms with Gasteiger partial charge in [0.05, 0.1) is 17.8 Å². The number of aliphatic hydroxyl groups excluding tert-OH is 1. The van der Waals surface area contributed by atoms with E-state index in [2.05, 4.69) is 10.00 Å². The molecule has 1 saturated heterocycles. The molecule has 0 bridgehead atoms. The number of anilines is 1. The summed E-state index contributed by atoms with van der Waals surface area (Å²) < 4.78 is 85.0. The van der Waals surface area contributed by atoms with Crippen molar-refractivity contribution in [1.82, 2.24) is 9.78 Å². The molecule has 0 aliphatic carbocycles. The summed E-state index contributed by atoms with van der Waals surface area (Å²) in [6.07, 6.45) is -3.08. The van der Waals surface area contributed by atoms with Crippen molar-refractivity contribution >= 4 is 16.6 Å². The third-order valence-electron chi connectivity index (χ3n) is 6.85. The lowest BCUT2D eigenvalue weighted by Gasteiger charge is -2.33. The second kappa shape index (κ2) is 9.74. The highest BCUT2D eigenvalue weighted by Gasteiger charge is 2.35. The van der Waals surface area contributed by atoms with E-state index in [1.807, 2.05) is 12.1 Å². The van der Waals surface area contributed by atoms with Gasteiger partial charge in [-0.25, -0.2) is 13.2 Å². The van der Waals surface area contributed by atoms with Gasteiger partial charge in [0.1, 0.15) is 23.0 Å². The molecule has 10 heteroatoms. The van der Waals surface area contributed by atoms with Crippen molar-refractivity contribution in [1.29, 1.82) is 0 Å². The summed E-state index contributed by atoms with van der Waals surface area (Å²) in [5.41, 5.74) is -0.204. The van der Waals surface area contributed by atoms with Crippen LogP contribution < -0.4 is 4.90 Å². The van der Waals surface area contributed by atoms with E-state index in [0.29, 0.717) is 30.8 Å². The van der Waals surface area contributed by atoms with Crippen molar-refractivity contribution in [3.05, 3.63) is 83.2 Å². The van der Waals surface area contributed by atoms with E-state index >= 15 is 0 Å². The maximum Gasteiger partial charge on any atom is 0.418 e. The summed E-state index contributed by atoms with van der Waals surface area (Å²) >= 11 is 0. The molecule has 4 aromatic rings. The summed E-state index contributed by atoms with van der Waals surface area (Å²) in [5.74, 6) is -3.17. The molecule has 3 aromatic carbocycles. The number of aliphatic hydroxyl groups is 1. The lowest BCUT2D eigenvalue weighted by molar-refractivity contribution is -0.136. The van der Waals surface area contributed by atoms with Gasteiger partial charge < -0.3 is 10.0 Å². The van der Waals surface area contributed by atoms with Gasteiger partial charge in [-0.3, -0.25) is 4.68 Å². The molecule has 1 aliphatic heterocycles. The van der Waals surface area contributed by atoms with Crippen molar-refractivity contribution in [2.75, 3.05) is 24.6 Å². The molecular formula is C27H23F6N3O. The van der Waals surface area contributed by atoms with Crippen molar-refractivity contribution in [3.63, 3.8) is 0 Å². The molecule has 0 radical (unpaired) electrons. The van der Waals surface area contributed by atoms with Gasteiger partial charge >= 0.3 is 6.18 Å². The number of rotatable bonds is 5. The Bertz CT molecular complexity index is 1420. The standard InChI is InChI=1S/C27H23F6N3O/c28-18-12-23(29)21(24(30)13-18)14-36-26(20-5-2-6-22(25(20)34-36)27(31,32)33)17-3-1-4-19(11-17)35-9-7-16(15-37)8-10-35/h1-6,11-13,16,37H,7-10,14-15H2. The molecule has 37 heavy (non-hydrogen) atoms. The van der Waals surface area contributed by atoms with Crippen molar-refractivity contribution in [2.24, 2.45) is 5.92 Å². The molecule has 0 atom stereocenters. The first-order valence-corrected chi connectivity index (χ1v) is 11.8. The van der Waals surface area contributed by atoms with Gasteiger partial charge in [-0.15, -0.1) is 0 Å². The first-order chi connectivity index (χ1) is 17.7. The third-order valence-corrected chi connectivity index (χ3v) is 6.85. The van der Waals surface area contributed by atoms with E-state index in [1.54, 1.807) is 12.1 Å². The molecular weight excluding hydrogens is 496 g/mol. The van der Waals surface area contributed by atoms with Crippen molar-refractivity contribution in [3.8, 4) is 11.3 Å². The summed E-state index contributed by atoms with van der Waals surface area (Å²) in [5, 5.41) is 13.7. The minimum absolute atomic E-state index is 0.122. The number of hydrogen-bond donors (Lipinski definition) is 1. The Labute approximate surface area is 208 Å². The summed E-state index contributed by atoms with van der Waals surface area (Å²) in [6.45, 7) is 1.00. The first-order valence-electron chi connectivity index (χ1n) is 11.8. The van der Waals surface area contributed by atoms with E-state index in [0.717, 1.165) is 29.3 Å². The number of halogens is 6. The average molecular weight is 519 g/mol. The first kappa shape index (κ1) is 25.1. The van der Waals surface area contributed by atoms with Crippen LogP contribution in [0.25, 0.3) is 22.2 Å². The Balaban J connectivity index is 1.65. The zero-order valence-electron chi connectivity index (χ0n) is 19.6. The molecule has 1 fully saturated rings. The summed E-state index contributed by atoms with van der Waals surface area (Å²) in [7, 11) is 0. The van der Waals surface area contributed by atoms with Crippen molar-refractivity contribution < 1.29 is 31.4 Å². The van der Waals surface area contributed by atoms with Gasteiger partial charge in [-0.1, -0.05) is 24.3 Å². The van der Waals surface area contributed by atoms with Gasteiger partial charge in [-0.05, 0) is 37.0 Å². The molecule has 5 rings (SSSR count). The quantitative estimate of drug-likeness (QED) is 0.311. The Morgan fingerprint density at radius 1 is 0.919 bits per heavy atom. The fraction of sp³-hybridized carbons (Fsp3) is 0.296. The zero-order chi connectivity index (χ0) is 26.3. The van der Waals surface area contributed by atoms with E-state index in [1.165, 1.54) is 12.1 Å². The highest BCUT2D eigenvalue weighted by atomic mass is 19.4. The Morgan fingerprint density at radius 2 is 1.59 bits per heavy atom. The minimum atomic E-state index is -4.69. The Morgan fingerprint density at radius 3 is 2.24 bits per heavy atom. The molecule has 0 saturated carbocycles. The van der Waals surface area contributed by atoms with Crippen LogP contribution in [-0.4, -0.2) is 34.6 Å². The average Bonchev–Trinajstić information content (AvgIpc) is 3.23. The number of aromatic nitrogens is 2. The molecule has 0 amide bonds. The normalized spacial score (nSPS) is 15.1. The van der Waals surface area contributed by atoms with Gasteiger partial charge in [-0.2, -0.15) is 18.3 Å². The SMILES string of the molecule is OCC1CCN(c2cccc(-c3c4cccc(C(F)(F)F)c4nn3Cc3c(F)cc(F)cc3F)c2)CC1. The molecule has 1 aromatic heterocycles. The maximum atomic E-state index is 14.5. The van der Waals surface area contributed by atoms with Gasteiger partial charge in [0.25, 0.3) is 0 Å². The van der Waals surface area contributed by atoms with Crippen LogP contribution in [0.3, 0.4) is 0 Å². The van der Waals surface area contributed by atoms with Crippen LogP contribution in [0.5, 0.6) is 0 Å². The number of fused-ring (bicyclic) bond motifs is 1. The Kier molecular flexibility index (Phi) is 6.61. The summed E-state index contributed by atoms with van der Waals surface area (Å²) in [4.78, 5) is 2.12. The fourth-order valence-electron chi connectivity index (χ4n) is 4.90. The van der Waals surface area contributed by atoms with Crippen LogP contribution >= 0.6 is 0 Å². The van der Waals surface area contributed by atoms with E-state index in [9.17, 15) is 31.4 Å². The van der Waals surface area contributed by atoms with Crippen LogP contribution in [0.1, 0.15) is 24.0 Å². The van der Waals surface area contributed by atoms with Crippen LogP contribution in [0.4, 0.5) is 32.0 Å². The molecule has 4 nitrogen and oxygen atoms in total. The second-order valence-electron chi connectivity index (χ2n) is 9.22. The Hall–Kier alpha value is -3.53. The molecule has 194 valence electrons. The predicted octanol–water partition coefficient (Wildman–Crippen LogP) is 6.40. The molecule has 2 heterocycles. The lowest BCUT2D eigenvalue weighted by Crippen LogP contribution is -2.34. The highest BCUT2D eigenvalue weighted by Crippen LogP contribution is 2.39. The molecule has 1 N–H and O–H groups in total. The molecule has 0 unspecified atom stereocenters. The van der Waals surface area contributed by atoms with Crippen LogP contribution in [0.2, 0.25) is 0 Å². The van der Waals surface area contributed by atoms with Gasteiger partial charge in [0.2, 0.25) is 0 Å². The predicted molar refractivity (Wildman–Crippen MR) is 128 cm³/mol. The monoisotopic (exact) mass is 519 g/mol. The number of nitrogens with zero attached hydrogens (tertiary/aromatic N) is 3. The fourth-order valence-corrected chi connectivity index (χ4v) is 4.90. The minimum Gasteiger partial charge on any atom is -0.396 e. The van der Waals surface area contributed by atoms with Crippen LogP contribution in [0, 0.1) is 23.4 Å². The molecule has 0 spiro atoms.